The Morgan fingerprint density at radius 2 is 2.04 bits per heavy atom. The summed E-state index contributed by atoms with van der Waals surface area (Å²) in [5.74, 6) is 1.80. The summed E-state index contributed by atoms with van der Waals surface area (Å²) in [5.41, 5.74) is -0.265. The van der Waals surface area contributed by atoms with Crippen molar-refractivity contribution in [3.63, 3.8) is 0 Å². The van der Waals surface area contributed by atoms with Crippen LogP contribution in [0.2, 0.25) is 0 Å². The molecule has 4 aliphatic rings. The van der Waals surface area contributed by atoms with Crippen LogP contribution in [0.1, 0.15) is 24.8 Å². The number of nitrogens with one attached hydrogen (secondary N) is 2. The van der Waals surface area contributed by atoms with Crippen molar-refractivity contribution in [1.29, 1.82) is 0 Å². The Kier molecular flexibility index (Phi) is 7.54. The topological polar surface area (TPSA) is 119 Å². The number of carbonyl (C=O) groups excluding carboxylic acids is 1. The van der Waals surface area contributed by atoms with Gasteiger partial charge in [0.05, 0.1) is 29.7 Å². The van der Waals surface area contributed by atoms with Gasteiger partial charge in [0.2, 0.25) is 11.9 Å². The van der Waals surface area contributed by atoms with Gasteiger partial charge in [0.25, 0.3) is 0 Å². The van der Waals surface area contributed by atoms with Crippen LogP contribution >= 0.6 is 0 Å². The smallest absolute Gasteiger partial charge is 0.228 e. The number of anilines is 2. The van der Waals surface area contributed by atoms with Gasteiger partial charge in [-0.1, -0.05) is 12.0 Å². The van der Waals surface area contributed by atoms with Crippen molar-refractivity contribution < 1.29 is 23.4 Å². The van der Waals surface area contributed by atoms with Crippen molar-refractivity contribution in [2.75, 3.05) is 69.3 Å². The SMILES string of the molecule is C#Cc1c(F)ccc2cc(O)cc(-c3ncc4c5nc(nc4c3F)N3CCN(C)[C@@H](CNC(=O)CCOC[C@@]46CC[C@@H](CN5C4)N6)C3)c12. The summed E-state index contributed by atoms with van der Waals surface area (Å²) < 4.78 is 38.0. The van der Waals surface area contributed by atoms with Gasteiger partial charge in [0.15, 0.2) is 5.82 Å². The number of aromatic hydroxyl groups is 1. The minimum absolute atomic E-state index is 0.0221. The van der Waals surface area contributed by atoms with Gasteiger partial charge in [-0.2, -0.15) is 4.98 Å². The molecule has 6 heterocycles. The Hall–Kier alpha value is -4.64. The van der Waals surface area contributed by atoms with Gasteiger partial charge >= 0.3 is 0 Å². The Labute approximate surface area is 276 Å². The lowest BCUT2D eigenvalue weighted by atomic mass is 9.95. The molecule has 0 aliphatic carbocycles. The molecule has 48 heavy (non-hydrogen) atoms. The number of halogens is 2. The zero-order valence-electron chi connectivity index (χ0n) is 26.6. The molecule has 11 nitrogen and oxygen atoms in total. The lowest BCUT2D eigenvalue weighted by Gasteiger charge is -2.43. The van der Waals surface area contributed by atoms with Crippen molar-refractivity contribution in [2.24, 2.45) is 0 Å². The fraction of sp³-hybridized carbons (Fsp3) is 0.429. The summed E-state index contributed by atoms with van der Waals surface area (Å²) in [4.78, 5) is 33.6. The monoisotopic (exact) mass is 654 g/mol. The Balaban J connectivity index is 1.32. The number of pyridine rings is 1. The summed E-state index contributed by atoms with van der Waals surface area (Å²) in [5, 5.41) is 18.6. The molecular formula is C35H36F2N8O3. The number of terminal acetylenes is 1. The minimum Gasteiger partial charge on any atom is -0.508 e. The number of amides is 1. The van der Waals surface area contributed by atoms with E-state index in [9.17, 15) is 14.3 Å². The molecular weight excluding hydrogens is 618 g/mol. The molecule has 3 fully saturated rings. The first-order valence-corrected chi connectivity index (χ1v) is 16.3. The maximum Gasteiger partial charge on any atom is 0.228 e. The number of hydrogen-bond acceptors (Lipinski definition) is 10. The molecule has 1 amide bonds. The molecule has 0 saturated carbocycles. The molecule has 7 bridgehead atoms. The maximum atomic E-state index is 17.1. The normalized spacial score (nSPS) is 24.9. The van der Waals surface area contributed by atoms with Crippen molar-refractivity contribution in [3.05, 3.63) is 47.7 Å². The van der Waals surface area contributed by atoms with E-state index in [2.05, 4.69) is 31.3 Å². The summed E-state index contributed by atoms with van der Waals surface area (Å²) in [6.45, 7) is 4.23. The third kappa shape index (κ3) is 5.24. The van der Waals surface area contributed by atoms with Gasteiger partial charge in [-0.3, -0.25) is 14.7 Å². The highest BCUT2D eigenvalue weighted by Crippen LogP contribution is 2.40. The van der Waals surface area contributed by atoms with Crippen LogP contribution < -0.4 is 20.4 Å². The first-order valence-electron chi connectivity index (χ1n) is 16.3. The highest BCUT2D eigenvalue weighted by atomic mass is 19.1. The molecule has 4 aromatic rings. The molecule has 8 rings (SSSR count). The van der Waals surface area contributed by atoms with Crippen molar-refractivity contribution >= 4 is 39.3 Å². The number of likely N-dealkylation sites (N-methyl/N-ethyl adjacent to an activating group) is 1. The van der Waals surface area contributed by atoms with Crippen LogP contribution in [-0.2, 0) is 9.53 Å². The van der Waals surface area contributed by atoms with Crippen molar-refractivity contribution in [3.8, 4) is 29.4 Å². The van der Waals surface area contributed by atoms with E-state index in [-0.39, 0.29) is 63.4 Å². The van der Waals surface area contributed by atoms with E-state index in [1.165, 1.54) is 24.3 Å². The minimum atomic E-state index is -0.722. The fourth-order valence-corrected chi connectivity index (χ4v) is 7.76. The van der Waals surface area contributed by atoms with Crippen LogP contribution in [-0.4, -0.2) is 108 Å². The van der Waals surface area contributed by atoms with Gasteiger partial charge < -0.3 is 30.3 Å². The number of fused-ring (bicyclic) bond motifs is 11. The van der Waals surface area contributed by atoms with E-state index in [1.54, 1.807) is 6.20 Å². The van der Waals surface area contributed by atoms with E-state index in [1.807, 2.05) is 11.9 Å². The van der Waals surface area contributed by atoms with Crippen LogP contribution in [0.15, 0.2) is 30.5 Å². The molecule has 248 valence electrons. The lowest BCUT2D eigenvalue weighted by Crippen LogP contribution is -2.62. The van der Waals surface area contributed by atoms with Crippen molar-refractivity contribution in [2.45, 2.75) is 36.9 Å². The fourth-order valence-electron chi connectivity index (χ4n) is 7.76. The molecule has 3 saturated heterocycles. The van der Waals surface area contributed by atoms with Crippen molar-refractivity contribution in [1.82, 2.24) is 30.5 Å². The summed E-state index contributed by atoms with van der Waals surface area (Å²) >= 11 is 0. The molecule has 2 aromatic carbocycles. The van der Waals surface area contributed by atoms with Gasteiger partial charge in [0, 0.05) is 74.9 Å². The van der Waals surface area contributed by atoms with Crippen LogP contribution in [0.4, 0.5) is 20.5 Å². The molecule has 4 aliphatic heterocycles. The van der Waals surface area contributed by atoms with E-state index in [0.717, 1.165) is 12.8 Å². The zero-order chi connectivity index (χ0) is 33.2. The Morgan fingerprint density at radius 1 is 1.17 bits per heavy atom. The number of phenolic OH excluding ortho intramolecular Hbond substituents is 1. The van der Waals surface area contributed by atoms with E-state index in [4.69, 9.17) is 21.1 Å². The van der Waals surface area contributed by atoms with Gasteiger partial charge in [-0.25, -0.2) is 13.8 Å². The summed E-state index contributed by atoms with van der Waals surface area (Å²) in [6.07, 6.45) is 9.41. The molecule has 13 heteroatoms. The van der Waals surface area contributed by atoms with Crippen LogP contribution in [0.5, 0.6) is 5.75 Å². The van der Waals surface area contributed by atoms with Crippen LogP contribution in [0.25, 0.3) is 32.9 Å². The predicted molar refractivity (Wildman–Crippen MR) is 178 cm³/mol. The van der Waals surface area contributed by atoms with Gasteiger partial charge in [0.1, 0.15) is 28.6 Å². The quantitative estimate of drug-likeness (QED) is 0.265. The number of hydrogen-bond donors (Lipinski definition) is 3. The van der Waals surface area contributed by atoms with Crippen LogP contribution in [0, 0.1) is 24.0 Å². The van der Waals surface area contributed by atoms with Gasteiger partial charge in [-0.15, -0.1) is 6.42 Å². The molecule has 3 N–H and O–H groups in total. The average Bonchev–Trinajstić information content (AvgIpc) is 3.38. The van der Waals surface area contributed by atoms with E-state index >= 15 is 4.39 Å². The number of piperazine rings is 2. The van der Waals surface area contributed by atoms with E-state index < -0.39 is 11.6 Å². The molecule has 1 spiro atoms. The lowest BCUT2D eigenvalue weighted by molar-refractivity contribution is -0.122. The Bertz CT molecular complexity index is 2000. The molecule has 2 aromatic heterocycles. The second-order valence-electron chi connectivity index (χ2n) is 13.4. The third-order valence-corrected chi connectivity index (χ3v) is 10.3. The number of rotatable bonds is 1. The Morgan fingerprint density at radius 3 is 2.90 bits per heavy atom. The highest BCUT2D eigenvalue weighted by molar-refractivity contribution is 6.03. The van der Waals surface area contributed by atoms with Gasteiger partial charge in [-0.05, 0) is 43.5 Å². The maximum absolute atomic E-state index is 17.1. The molecule has 0 unspecified atom stereocenters. The number of phenols is 1. The second-order valence-corrected chi connectivity index (χ2v) is 13.4. The third-order valence-electron chi connectivity index (χ3n) is 10.3. The largest absolute Gasteiger partial charge is 0.508 e. The van der Waals surface area contributed by atoms with Crippen LogP contribution in [0.3, 0.4) is 0 Å². The second kappa shape index (κ2) is 11.8. The average molecular weight is 655 g/mol. The summed E-state index contributed by atoms with van der Waals surface area (Å²) in [7, 11) is 2.02. The first kappa shape index (κ1) is 30.7. The number of benzene rings is 2. The number of carbonyl (C=O) groups is 1. The number of aromatic nitrogens is 3. The zero-order valence-corrected chi connectivity index (χ0v) is 26.6. The summed E-state index contributed by atoms with van der Waals surface area (Å²) in [6, 6.07) is 5.69. The predicted octanol–water partition coefficient (Wildman–Crippen LogP) is 2.78. The first-order chi connectivity index (χ1) is 23.2. The van der Waals surface area contributed by atoms with E-state index in [0.29, 0.717) is 75.0 Å². The molecule has 0 radical (unpaired) electrons. The number of ether oxygens (including phenoxy) is 1. The molecule has 3 atom stereocenters. The number of nitrogens with zero attached hydrogens (tertiary/aromatic N) is 6. The standard InChI is InChI=1S/C35H36F2N8O3/c1-3-24-27(36)5-4-20-12-23(46)13-25(29(20)24)31-30(37)32-26(15-39-31)33-41-34(40-32)44-10-9-43(2)22(17-44)14-38-28(47)7-11-48-19-35-8-6-21(42-35)16-45(33)18-35/h1,4-5,12-13,15,21-22,42,46H,6-11,14,16-19H2,2H3,(H,38,47)/t21-,22-,35+/m0/s1. The highest BCUT2D eigenvalue weighted by Gasteiger charge is 2.46.